The van der Waals surface area contributed by atoms with Crippen molar-refractivity contribution in [1.29, 1.82) is 0 Å². The lowest BCUT2D eigenvalue weighted by Crippen LogP contribution is -2.33. The van der Waals surface area contributed by atoms with Crippen molar-refractivity contribution >= 4 is 5.82 Å². The Kier molecular flexibility index (Phi) is 3.94. The summed E-state index contributed by atoms with van der Waals surface area (Å²) < 4.78 is 0. The van der Waals surface area contributed by atoms with Gasteiger partial charge in [0.25, 0.3) is 0 Å². The molecule has 4 heteroatoms. The first-order chi connectivity index (χ1) is 8.24. The quantitative estimate of drug-likeness (QED) is 0.867. The summed E-state index contributed by atoms with van der Waals surface area (Å²) in [6.07, 6.45) is 7.53. The van der Waals surface area contributed by atoms with Crippen LogP contribution in [0.2, 0.25) is 0 Å². The SMILES string of the molecule is CCC1CCC(C)N1Cc1cnc(NC)cn1. The maximum absolute atomic E-state index is 4.45. The summed E-state index contributed by atoms with van der Waals surface area (Å²) in [7, 11) is 1.86. The molecule has 94 valence electrons. The Balaban J connectivity index is 2.03. The standard InChI is InChI=1S/C13H22N4/c1-4-12-6-5-10(2)17(12)9-11-7-16-13(14-3)8-15-11/h7-8,10,12H,4-6,9H2,1-3H3,(H,14,16). The van der Waals surface area contributed by atoms with Gasteiger partial charge in [0.2, 0.25) is 0 Å². The Bertz CT molecular complexity index is 349. The Hall–Kier alpha value is -1.16. The molecule has 1 fully saturated rings. The first-order valence-corrected chi connectivity index (χ1v) is 6.49. The molecule has 1 aromatic rings. The predicted molar refractivity (Wildman–Crippen MR) is 69.9 cm³/mol. The molecule has 0 radical (unpaired) electrons. The Morgan fingerprint density at radius 3 is 2.76 bits per heavy atom. The lowest BCUT2D eigenvalue weighted by Gasteiger charge is -2.27. The molecule has 4 nitrogen and oxygen atoms in total. The first kappa shape index (κ1) is 12.3. The van der Waals surface area contributed by atoms with Gasteiger partial charge in [-0.1, -0.05) is 6.92 Å². The smallest absolute Gasteiger partial charge is 0.144 e. The molecule has 17 heavy (non-hydrogen) atoms. The molecule has 1 saturated heterocycles. The fourth-order valence-corrected chi connectivity index (χ4v) is 2.60. The van der Waals surface area contributed by atoms with Crippen molar-refractivity contribution in [2.24, 2.45) is 0 Å². The minimum atomic E-state index is 0.672. The van der Waals surface area contributed by atoms with Crippen molar-refractivity contribution in [1.82, 2.24) is 14.9 Å². The highest BCUT2D eigenvalue weighted by Crippen LogP contribution is 2.27. The summed E-state index contributed by atoms with van der Waals surface area (Å²) in [6, 6.07) is 1.39. The second-order valence-corrected chi connectivity index (χ2v) is 4.80. The second-order valence-electron chi connectivity index (χ2n) is 4.80. The van der Waals surface area contributed by atoms with Gasteiger partial charge in [-0.15, -0.1) is 0 Å². The van der Waals surface area contributed by atoms with E-state index in [1.54, 1.807) is 6.20 Å². The molecule has 2 heterocycles. The highest BCUT2D eigenvalue weighted by Gasteiger charge is 2.29. The molecule has 0 amide bonds. The summed E-state index contributed by atoms with van der Waals surface area (Å²) in [6.45, 7) is 5.51. The molecule has 1 N–H and O–H groups in total. The van der Waals surface area contributed by atoms with Gasteiger partial charge in [-0.25, -0.2) is 4.98 Å². The van der Waals surface area contributed by atoms with E-state index >= 15 is 0 Å². The van der Waals surface area contributed by atoms with Crippen molar-refractivity contribution in [3.63, 3.8) is 0 Å². The summed E-state index contributed by atoms with van der Waals surface area (Å²) in [4.78, 5) is 11.3. The first-order valence-electron chi connectivity index (χ1n) is 6.49. The molecular formula is C13H22N4. The number of hydrogen-bond acceptors (Lipinski definition) is 4. The minimum Gasteiger partial charge on any atom is -0.372 e. The number of rotatable bonds is 4. The van der Waals surface area contributed by atoms with Gasteiger partial charge in [0, 0.05) is 25.7 Å². The van der Waals surface area contributed by atoms with E-state index in [9.17, 15) is 0 Å². The molecule has 1 aliphatic heterocycles. The van der Waals surface area contributed by atoms with Gasteiger partial charge < -0.3 is 5.32 Å². The van der Waals surface area contributed by atoms with Crippen molar-refractivity contribution in [2.75, 3.05) is 12.4 Å². The number of nitrogens with one attached hydrogen (secondary N) is 1. The molecule has 0 spiro atoms. The van der Waals surface area contributed by atoms with Crippen LogP contribution in [0, 0.1) is 0 Å². The van der Waals surface area contributed by atoms with Crippen LogP contribution in [0.25, 0.3) is 0 Å². The van der Waals surface area contributed by atoms with Gasteiger partial charge in [-0.05, 0) is 26.2 Å². The highest BCUT2D eigenvalue weighted by molar-refractivity contribution is 5.29. The van der Waals surface area contributed by atoms with E-state index < -0.39 is 0 Å². The third-order valence-electron chi connectivity index (χ3n) is 3.73. The van der Waals surface area contributed by atoms with Crippen molar-refractivity contribution < 1.29 is 0 Å². The largest absolute Gasteiger partial charge is 0.372 e. The van der Waals surface area contributed by atoms with E-state index in [2.05, 4.69) is 34.0 Å². The van der Waals surface area contributed by atoms with Gasteiger partial charge in [0.1, 0.15) is 5.82 Å². The fraction of sp³-hybridized carbons (Fsp3) is 0.692. The molecular weight excluding hydrogens is 212 g/mol. The molecule has 2 unspecified atom stereocenters. The van der Waals surface area contributed by atoms with E-state index in [1.807, 2.05) is 13.2 Å². The number of aromatic nitrogens is 2. The number of anilines is 1. The third-order valence-corrected chi connectivity index (χ3v) is 3.73. The van der Waals surface area contributed by atoms with E-state index in [-0.39, 0.29) is 0 Å². The Morgan fingerprint density at radius 1 is 1.35 bits per heavy atom. The van der Waals surface area contributed by atoms with Crippen molar-refractivity contribution in [2.45, 2.75) is 51.7 Å². The normalized spacial score (nSPS) is 25.1. The van der Waals surface area contributed by atoms with Crippen LogP contribution in [0.15, 0.2) is 12.4 Å². The molecule has 0 bridgehead atoms. The van der Waals surface area contributed by atoms with E-state index in [0.717, 1.165) is 24.1 Å². The van der Waals surface area contributed by atoms with Gasteiger partial charge in [-0.3, -0.25) is 9.88 Å². The van der Waals surface area contributed by atoms with Gasteiger partial charge in [-0.2, -0.15) is 0 Å². The maximum Gasteiger partial charge on any atom is 0.144 e. The summed E-state index contributed by atoms with van der Waals surface area (Å²) in [5, 5.41) is 2.99. The number of likely N-dealkylation sites (tertiary alicyclic amines) is 1. The van der Waals surface area contributed by atoms with Crippen LogP contribution in [-0.4, -0.2) is 34.0 Å². The van der Waals surface area contributed by atoms with Crippen LogP contribution >= 0.6 is 0 Å². The molecule has 0 aromatic carbocycles. The lowest BCUT2D eigenvalue weighted by atomic mass is 10.1. The van der Waals surface area contributed by atoms with Crippen molar-refractivity contribution in [3.05, 3.63) is 18.1 Å². The van der Waals surface area contributed by atoms with Gasteiger partial charge in [0.15, 0.2) is 0 Å². The third kappa shape index (κ3) is 2.75. The zero-order valence-corrected chi connectivity index (χ0v) is 11.0. The summed E-state index contributed by atoms with van der Waals surface area (Å²) in [5.74, 6) is 0.829. The zero-order chi connectivity index (χ0) is 12.3. The van der Waals surface area contributed by atoms with E-state index in [4.69, 9.17) is 0 Å². The maximum atomic E-state index is 4.45. The molecule has 1 aliphatic rings. The van der Waals surface area contributed by atoms with Crippen LogP contribution in [0.1, 0.15) is 38.8 Å². The highest BCUT2D eigenvalue weighted by atomic mass is 15.2. The second kappa shape index (κ2) is 5.45. The zero-order valence-electron chi connectivity index (χ0n) is 11.0. The van der Waals surface area contributed by atoms with Crippen LogP contribution < -0.4 is 5.32 Å². The summed E-state index contributed by atoms with van der Waals surface area (Å²) >= 11 is 0. The molecule has 1 aromatic heterocycles. The lowest BCUT2D eigenvalue weighted by molar-refractivity contribution is 0.187. The van der Waals surface area contributed by atoms with Gasteiger partial charge in [0.05, 0.1) is 18.1 Å². The van der Waals surface area contributed by atoms with Crippen LogP contribution in [-0.2, 0) is 6.54 Å². The summed E-state index contributed by atoms with van der Waals surface area (Å²) in [5.41, 5.74) is 1.07. The Morgan fingerprint density at radius 2 is 2.18 bits per heavy atom. The topological polar surface area (TPSA) is 41.1 Å². The number of nitrogens with zero attached hydrogens (tertiary/aromatic N) is 3. The van der Waals surface area contributed by atoms with Crippen molar-refractivity contribution in [3.8, 4) is 0 Å². The average molecular weight is 234 g/mol. The number of hydrogen-bond donors (Lipinski definition) is 1. The molecule has 0 saturated carbocycles. The van der Waals surface area contributed by atoms with Crippen LogP contribution in [0.5, 0.6) is 0 Å². The predicted octanol–water partition coefficient (Wildman–Crippen LogP) is 2.28. The average Bonchev–Trinajstić information content (AvgIpc) is 2.71. The van der Waals surface area contributed by atoms with E-state index in [1.165, 1.54) is 19.3 Å². The molecule has 2 rings (SSSR count). The minimum absolute atomic E-state index is 0.672. The van der Waals surface area contributed by atoms with Gasteiger partial charge >= 0.3 is 0 Å². The van der Waals surface area contributed by atoms with E-state index in [0.29, 0.717) is 6.04 Å². The fourth-order valence-electron chi connectivity index (χ4n) is 2.60. The molecule has 0 aliphatic carbocycles. The monoisotopic (exact) mass is 234 g/mol. The Labute approximate surface area is 103 Å². The van der Waals surface area contributed by atoms with Crippen LogP contribution in [0.3, 0.4) is 0 Å². The molecule has 2 atom stereocenters. The van der Waals surface area contributed by atoms with Crippen LogP contribution in [0.4, 0.5) is 5.82 Å².